The molecule has 3 aromatic rings. The number of nitrogens with one attached hydrogen (secondary N) is 1. The van der Waals surface area contributed by atoms with Crippen LogP contribution < -0.4 is 10.9 Å². The average Bonchev–Trinajstić information content (AvgIpc) is 2.93. The fraction of sp³-hybridized carbons (Fsp3) is 0.125. The molecule has 0 saturated carbocycles. The summed E-state index contributed by atoms with van der Waals surface area (Å²) in [5.41, 5.74) is -0.0429. The average molecular weight is 344 g/mol. The van der Waals surface area contributed by atoms with Crippen LogP contribution in [0.1, 0.15) is 25.7 Å². The highest BCUT2D eigenvalue weighted by Crippen LogP contribution is 2.23. The van der Waals surface area contributed by atoms with Crippen molar-refractivity contribution in [3.8, 4) is 0 Å². The summed E-state index contributed by atoms with van der Waals surface area (Å²) in [6.45, 7) is 1.63. The quantitative estimate of drug-likeness (QED) is 0.579. The Labute approximate surface area is 139 Å². The number of amides is 1. The van der Waals surface area contributed by atoms with Crippen LogP contribution in [0.3, 0.4) is 0 Å². The summed E-state index contributed by atoms with van der Waals surface area (Å²) in [7, 11) is 1.26. The Hall–Kier alpha value is -3.00. The van der Waals surface area contributed by atoms with Crippen LogP contribution in [0.5, 0.6) is 0 Å². The Balaban J connectivity index is 1.92. The molecule has 0 radical (unpaired) electrons. The van der Waals surface area contributed by atoms with Gasteiger partial charge >= 0.3 is 11.6 Å². The number of ether oxygens (including phenoxy) is 1. The smallest absolute Gasteiger partial charge is 0.350 e. The molecule has 0 aliphatic heterocycles. The molecule has 122 valence electrons. The Morgan fingerprint density at radius 1 is 1.29 bits per heavy atom. The second kappa shape index (κ2) is 6.25. The number of anilines is 1. The number of para-hydroxylation sites is 1. The van der Waals surface area contributed by atoms with Gasteiger partial charge in [-0.25, -0.2) is 14.6 Å². The maximum atomic E-state index is 12.3. The zero-order chi connectivity index (χ0) is 17.3. The third-order valence-corrected chi connectivity index (χ3v) is 4.33. The van der Waals surface area contributed by atoms with Gasteiger partial charge in [0.2, 0.25) is 0 Å². The predicted octanol–water partition coefficient (Wildman–Crippen LogP) is 2.60. The first-order valence-electron chi connectivity index (χ1n) is 6.89. The molecule has 7 nitrogen and oxygen atoms in total. The van der Waals surface area contributed by atoms with E-state index in [0.29, 0.717) is 21.5 Å². The lowest BCUT2D eigenvalue weighted by Crippen LogP contribution is -2.20. The number of methoxy groups -OCH3 is 1. The molecule has 0 unspecified atom stereocenters. The first kappa shape index (κ1) is 15.9. The van der Waals surface area contributed by atoms with E-state index in [1.54, 1.807) is 31.2 Å². The molecular formula is C16H12N2O5S. The summed E-state index contributed by atoms with van der Waals surface area (Å²) >= 11 is 0.974. The number of thiazole rings is 1. The lowest BCUT2D eigenvalue weighted by molar-refractivity contribution is 0.0605. The van der Waals surface area contributed by atoms with Crippen molar-refractivity contribution < 1.29 is 18.7 Å². The van der Waals surface area contributed by atoms with E-state index < -0.39 is 17.5 Å². The summed E-state index contributed by atoms with van der Waals surface area (Å²) < 4.78 is 9.77. The lowest BCUT2D eigenvalue weighted by Gasteiger charge is -2.02. The summed E-state index contributed by atoms with van der Waals surface area (Å²) in [5, 5.41) is 3.34. The van der Waals surface area contributed by atoms with Gasteiger partial charge in [-0.05, 0) is 19.1 Å². The molecule has 0 bridgehead atoms. The molecule has 1 aromatic carbocycles. The molecule has 1 N–H and O–H groups in total. The minimum absolute atomic E-state index is 0.138. The molecule has 1 amide bonds. The number of carbonyl (C=O) groups excluding carboxylic acids is 2. The van der Waals surface area contributed by atoms with E-state index >= 15 is 0 Å². The SMILES string of the molecule is COC(=O)c1sc(NC(=O)c2cc3ccccc3oc2=O)nc1C. The molecule has 8 heteroatoms. The topological polar surface area (TPSA) is 98.5 Å². The van der Waals surface area contributed by atoms with Gasteiger partial charge in [0.1, 0.15) is 16.0 Å². The van der Waals surface area contributed by atoms with E-state index in [0.717, 1.165) is 11.3 Å². The van der Waals surface area contributed by atoms with Gasteiger partial charge in [-0.1, -0.05) is 29.5 Å². The highest BCUT2D eigenvalue weighted by atomic mass is 32.1. The highest BCUT2D eigenvalue weighted by molar-refractivity contribution is 7.17. The van der Waals surface area contributed by atoms with Gasteiger partial charge in [-0.15, -0.1) is 0 Å². The number of hydrogen-bond donors (Lipinski definition) is 1. The van der Waals surface area contributed by atoms with Gasteiger partial charge in [0.25, 0.3) is 5.91 Å². The van der Waals surface area contributed by atoms with Crippen LogP contribution in [0.15, 0.2) is 39.5 Å². The minimum atomic E-state index is -0.743. The van der Waals surface area contributed by atoms with Crippen molar-refractivity contribution in [2.24, 2.45) is 0 Å². The molecule has 2 heterocycles. The van der Waals surface area contributed by atoms with E-state index in [1.807, 2.05) is 0 Å². The first-order chi connectivity index (χ1) is 11.5. The maximum absolute atomic E-state index is 12.3. The molecular weight excluding hydrogens is 332 g/mol. The number of fused-ring (bicyclic) bond motifs is 1. The van der Waals surface area contributed by atoms with Crippen molar-refractivity contribution in [1.29, 1.82) is 0 Å². The van der Waals surface area contributed by atoms with Crippen molar-refractivity contribution in [2.45, 2.75) is 6.92 Å². The van der Waals surface area contributed by atoms with Gasteiger partial charge in [0, 0.05) is 5.39 Å². The second-order valence-electron chi connectivity index (χ2n) is 4.86. The van der Waals surface area contributed by atoms with E-state index in [-0.39, 0.29) is 10.7 Å². The zero-order valence-corrected chi connectivity index (χ0v) is 13.6. The van der Waals surface area contributed by atoms with Gasteiger partial charge in [0.15, 0.2) is 5.13 Å². The summed E-state index contributed by atoms with van der Waals surface area (Å²) in [6, 6.07) is 8.34. The number of carbonyl (C=O) groups is 2. The van der Waals surface area contributed by atoms with Crippen molar-refractivity contribution >= 4 is 39.3 Å². The number of aryl methyl sites for hydroxylation is 1. The molecule has 0 atom stereocenters. The monoisotopic (exact) mass is 344 g/mol. The maximum Gasteiger partial charge on any atom is 0.350 e. The number of aromatic nitrogens is 1. The molecule has 0 fully saturated rings. The van der Waals surface area contributed by atoms with Crippen molar-refractivity contribution in [3.05, 3.63) is 56.9 Å². The Kier molecular flexibility index (Phi) is 4.13. The van der Waals surface area contributed by atoms with Gasteiger partial charge in [-0.3, -0.25) is 10.1 Å². The summed E-state index contributed by atoms with van der Waals surface area (Å²) in [5.74, 6) is -1.18. The third kappa shape index (κ3) is 2.91. The standard InChI is InChI=1S/C16H12N2O5S/c1-8-12(15(21)22-2)24-16(17-8)18-13(19)10-7-9-5-3-4-6-11(9)23-14(10)20/h3-7H,1-2H3,(H,17,18,19). The number of hydrogen-bond acceptors (Lipinski definition) is 7. The fourth-order valence-corrected chi connectivity index (χ4v) is 3.00. The van der Waals surface area contributed by atoms with Crippen LogP contribution >= 0.6 is 11.3 Å². The first-order valence-corrected chi connectivity index (χ1v) is 7.71. The Morgan fingerprint density at radius 2 is 2.04 bits per heavy atom. The molecule has 2 aromatic heterocycles. The van der Waals surface area contributed by atoms with E-state index in [2.05, 4.69) is 15.0 Å². The second-order valence-corrected chi connectivity index (χ2v) is 5.86. The van der Waals surface area contributed by atoms with Crippen LogP contribution in [0.2, 0.25) is 0 Å². The number of nitrogens with zero attached hydrogens (tertiary/aromatic N) is 1. The molecule has 24 heavy (non-hydrogen) atoms. The Bertz CT molecular complexity index is 1010. The van der Waals surface area contributed by atoms with Crippen LogP contribution in [-0.2, 0) is 4.74 Å². The summed E-state index contributed by atoms with van der Waals surface area (Å²) in [4.78, 5) is 40.2. The van der Waals surface area contributed by atoms with Crippen LogP contribution in [0.25, 0.3) is 11.0 Å². The van der Waals surface area contributed by atoms with Crippen LogP contribution in [-0.4, -0.2) is 24.0 Å². The van der Waals surface area contributed by atoms with Gasteiger partial charge < -0.3 is 9.15 Å². The van der Waals surface area contributed by atoms with Crippen LogP contribution in [0, 0.1) is 6.92 Å². The number of esters is 1. The van der Waals surface area contributed by atoms with E-state index in [4.69, 9.17) is 4.42 Å². The molecule has 0 aliphatic rings. The third-order valence-electron chi connectivity index (χ3n) is 3.27. The van der Waals surface area contributed by atoms with Crippen molar-refractivity contribution in [2.75, 3.05) is 12.4 Å². The van der Waals surface area contributed by atoms with E-state index in [9.17, 15) is 14.4 Å². The zero-order valence-electron chi connectivity index (χ0n) is 12.8. The van der Waals surface area contributed by atoms with Crippen LogP contribution in [0.4, 0.5) is 5.13 Å². The van der Waals surface area contributed by atoms with E-state index in [1.165, 1.54) is 13.2 Å². The molecule has 0 spiro atoms. The molecule has 0 saturated heterocycles. The Morgan fingerprint density at radius 3 is 2.79 bits per heavy atom. The van der Waals surface area contributed by atoms with Gasteiger partial charge in [0.05, 0.1) is 12.8 Å². The number of rotatable bonds is 3. The molecule has 0 aliphatic carbocycles. The number of benzene rings is 1. The lowest BCUT2D eigenvalue weighted by atomic mass is 10.2. The fourth-order valence-electron chi connectivity index (χ4n) is 2.12. The minimum Gasteiger partial charge on any atom is -0.465 e. The predicted molar refractivity (Wildman–Crippen MR) is 88.6 cm³/mol. The highest BCUT2D eigenvalue weighted by Gasteiger charge is 2.19. The van der Waals surface area contributed by atoms with Gasteiger partial charge in [-0.2, -0.15) is 0 Å². The normalized spacial score (nSPS) is 10.6. The van der Waals surface area contributed by atoms with Crippen molar-refractivity contribution in [1.82, 2.24) is 4.98 Å². The molecule has 3 rings (SSSR count). The van der Waals surface area contributed by atoms with Crippen molar-refractivity contribution in [3.63, 3.8) is 0 Å². The summed E-state index contributed by atoms with van der Waals surface area (Å²) in [6.07, 6.45) is 0. The largest absolute Gasteiger partial charge is 0.465 e.